The van der Waals surface area contributed by atoms with Crippen LogP contribution in [0.5, 0.6) is 11.5 Å². The number of sulfonamides is 1. The maximum atomic E-state index is 12.1. The normalized spacial score (nSPS) is 10.8. The van der Waals surface area contributed by atoms with Crippen molar-refractivity contribution in [3.63, 3.8) is 0 Å². The summed E-state index contributed by atoms with van der Waals surface area (Å²) < 4.78 is 33.1. The molecule has 1 amide bonds. The molecule has 0 saturated carbocycles. The molecule has 28 heavy (non-hydrogen) atoms. The molecule has 0 aromatic heterocycles. The lowest BCUT2D eigenvalue weighted by Crippen LogP contribution is -2.15. The number of nitrogens with zero attached hydrogens (tertiary/aromatic N) is 1. The predicted octanol–water partition coefficient (Wildman–Crippen LogP) is 2.15. The van der Waals surface area contributed by atoms with Crippen LogP contribution in [-0.4, -0.2) is 28.0 Å². The molecule has 9 heteroatoms. The molecule has 0 fully saturated rings. The van der Waals surface area contributed by atoms with E-state index in [2.05, 4.69) is 5.32 Å². The number of amides is 1. The largest absolute Gasteiger partial charge is 0.493 e. The smallest absolute Gasteiger partial charge is 0.224 e. The van der Waals surface area contributed by atoms with Crippen LogP contribution in [-0.2, 0) is 20.6 Å². The Labute approximate surface area is 163 Å². The number of nitrogens with two attached hydrogens (primary N) is 1. The van der Waals surface area contributed by atoms with Crippen LogP contribution >= 0.6 is 0 Å². The number of hydrogen-bond donors (Lipinski definition) is 2. The number of carbonyl (C=O) groups excluding carboxylic acids is 1. The molecule has 0 aliphatic rings. The van der Waals surface area contributed by atoms with Crippen molar-refractivity contribution in [2.75, 3.05) is 19.0 Å². The van der Waals surface area contributed by atoms with Crippen molar-refractivity contribution in [3.05, 3.63) is 53.6 Å². The van der Waals surface area contributed by atoms with E-state index < -0.39 is 10.0 Å². The second-order valence-corrected chi connectivity index (χ2v) is 7.60. The zero-order valence-electron chi connectivity index (χ0n) is 15.3. The molecule has 148 valence electrons. The number of benzene rings is 2. The molecule has 0 unspecified atom stereocenters. The van der Waals surface area contributed by atoms with Gasteiger partial charge in [-0.2, -0.15) is 5.26 Å². The first-order chi connectivity index (χ1) is 13.3. The molecule has 0 spiro atoms. The quantitative estimate of drug-likeness (QED) is 0.617. The number of nitriles is 1. The molecule has 2 rings (SSSR count). The fraction of sp³-hybridized carbons (Fsp3) is 0.263. The summed E-state index contributed by atoms with van der Waals surface area (Å²) >= 11 is 0. The monoisotopic (exact) mass is 403 g/mol. The van der Waals surface area contributed by atoms with E-state index in [1.54, 1.807) is 42.5 Å². The summed E-state index contributed by atoms with van der Waals surface area (Å²) in [5.41, 5.74) is 1.46. The first-order valence-corrected chi connectivity index (χ1v) is 10.1. The van der Waals surface area contributed by atoms with Crippen LogP contribution in [0.3, 0.4) is 0 Å². The summed E-state index contributed by atoms with van der Waals surface area (Å²) in [5, 5.41) is 16.6. The first-order valence-electron chi connectivity index (χ1n) is 8.41. The Morgan fingerprint density at radius 3 is 2.68 bits per heavy atom. The van der Waals surface area contributed by atoms with E-state index in [0.29, 0.717) is 41.3 Å². The summed E-state index contributed by atoms with van der Waals surface area (Å²) in [6.45, 7) is 0.293. The van der Waals surface area contributed by atoms with E-state index in [0.717, 1.165) is 0 Å². The third-order valence-corrected chi connectivity index (χ3v) is 4.41. The Balaban J connectivity index is 1.82. The van der Waals surface area contributed by atoms with Gasteiger partial charge in [-0.15, -0.1) is 0 Å². The predicted molar refractivity (Wildman–Crippen MR) is 104 cm³/mol. The highest BCUT2D eigenvalue weighted by atomic mass is 32.2. The van der Waals surface area contributed by atoms with Crippen LogP contribution in [0.4, 0.5) is 5.69 Å². The fourth-order valence-electron chi connectivity index (χ4n) is 2.47. The van der Waals surface area contributed by atoms with Gasteiger partial charge in [0.1, 0.15) is 0 Å². The molecule has 2 aromatic rings. The maximum Gasteiger partial charge on any atom is 0.224 e. The van der Waals surface area contributed by atoms with E-state index in [4.69, 9.17) is 19.9 Å². The maximum absolute atomic E-state index is 12.1. The Hall–Kier alpha value is -3.09. The number of primary sulfonamides is 1. The zero-order chi connectivity index (χ0) is 20.6. The second kappa shape index (κ2) is 9.73. The van der Waals surface area contributed by atoms with Crippen LogP contribution in [0.2, 0.25) is 0 Å². The average molecular weight is 403 g/mol. The zero-order valence-corrected chi connectivity index (χ0v) is 16.2. The van der Waals surface area contributed by atoms with Crippen LogP contribution in [0.1, 0.15) is 24.0 Å². The standard InChI is InChI=1S/C19H21N3O5S/c1-26-18-11-14(12-20)7-8-17(18)27-9-3-6-19(23)22-16-5-2-4-15(10-16)13-28(21,24)25/h2,4-5,7-8,10-11H,3,6,9,13H2,1H3,(H,22,23)(H2,21,24,25). The number of anilines is 1. The number of methoxy groups -OCH3 is 1. The molecule has 2 aromatic carbocycles. The molecule has 0 aliphatic carbocycles. The van der Waals surface area contributed by atoms with Gasteiger partial charge in [0.2, 0.25) is 15.9 Å². The van der Waals surface area contributed by atoms with E-state index >= 15 is 0 Å². The lowest BCUT2D eigenvalue weighted by atomic mass is 10.2. The Kier molecular flexibility index (Phi) is 7.37. The molecule has 0 atom stereocenters. The lowest BCUT2D eigenvalue weighted by Gasteiger charge is -2.11. The van der Waals surface area contributed by atoms with Gasteiger partial charge in [-0.05, 0) is 36.2 Å². The van der Waals surface area contributed by atoms with E-state index in [1.807, 2.05) is 6.07 Å². The molecule has 0 saturated heterocycles. The van der Waals surface area contributed by atoms with Crippen molar-refractivity contribution in [1.29, 1.82) is 5.26 Å². The Morgan fingerprint density at radius 1 is 1.21 bits per heavy atom. The highest BCUT2D eigenvalue weighted by Crippen LogP contribution is 2.28. The van der Waals surface area contributed by atoms with Gasteiger partial charge in [0, 0.05) is 18.2 Å². The number of carbonyl (C=O) groups is 1. The van der Waals surface area contributed by atoms with Crippen LogP contribution < -0.4 is 19.9 Å². The molecule has 3 N–H and O–H groups in total. The number of rotatable bonds is 9. The molecule has 0 aliphatic heterocycles. The topological polar surface area (TPSA) is 132 Å². The third kappa shape index (κ3) is 6.90. The summed E-state index contributed by atoms with van der Waals surface area (Å²) in [6.07, 6.45) is 0.684. The highest BCUT2D eigenvalue weighted by molar-refractivity contribution is 7.88. The Morgan fingerprint density at radius 2 is 2.00 bits per heavy atom. The minimum Gasteiger partial charge on any atom is -0.493 e. The second-order valence-electron chi connectivity index (χ2n) is 5.99. The first kappa shape index (κ1) is 21.2. The van der Waals surface area contributed by atoms with Crippen molar-refractivity contribution < 1.29 is 22.7 Å². The van der Waals surface area contributed by atoms with Gasteiger partial charge >= 0.3 is 0 Å². The Bertz CT molecular complexity index is 983. The SMILES string of the molecule is COc1cc(C#N)ccc1OCCCC(=O)Nc1cccc(CS(N)(=O)=O)c1. The summed E-state index contributed by atoms with van der Waals surface area (Å²) in [5.74, 6) is 0.438. The third-order valence-electron chi connectivity index (χ3n) is 3.68. The fourth-order valence-corrected chi connectivity index (χ4v) is 3.11. The summed E-state index contributed by atoms with van der Waals surface area (Å²) in [7, 11) is -2.15. The van der Waals surface area contributed by atoms with Crippen LogP contribution in [0.15, 0.2) is 42.5 Å². The molecule has 0 radical (unpaired) electrons. The number of hydrogen-bond acceptors (Lipinski definition) is 6. The highest BCUT2D eigenvalue weighted by Gasteiger charge is 2.09. The number of nitrogens with one attached hydrogen (secondary N) is 1. The van der Waals surface area contributed by atoms with Crippen molar-refractivity contribution in [3.8, 4) is 17.6 Å². The molecular formula is C19H21N3O5S. The van der Waals surface area contributed by atoms with Crippen molar-refractivity contribution in [2.45, 2.75) is 18.6 Å². The van der Waals surface area contributed by atoms with Crippen molar-refractivity contribution >= 4 is 21.6 Å². The molecule has 8 nitrogen and oxygen atoms in total. The van der Waals surface area contributed by atoms with Crippen LogP contribution in [0, 0.1) is 11.3 Å². The molecule has 0 heterocycles. The lowest BCUT2D eigenvalue weighted by molar-refractivity contribution is -0.116. The van der Waals surface area contributed by atoms with Gasteiger partial charge in [0.05, 0.1) is 31.1 Å². The summed E-state index contributed by atoms with van der Waals surface area (Å²) in [6, 6.07) is 13.4. The summed E-state index contributed by atoms with van der Waals surface area (Å²) in [4.78, 5) is 12.1. The number of ether oxygens (including phenoxy) is 2. The van der Waals surface area contributed by atoms with Gasteiger partial charge in [-0.1, -0.05) is 12.1 Å². The van der Waals surface area contributed by atoms with Crippen molar-refractivity contribution in [1.82, 2.24) is 0 Å². The van der Waals surface area contributed by atoms with Gasteiger partial charge in [-0.3, -0.25) is 4.79 Å². The minimum absolute atomic E-state index is 0.219. The van der Waals surface area contributed by atoms with Gasteiger partial charge < -0.3 is 14.8 Å². The molecular weight excluding hydrogens is 382 g/mol. The van der Waals surface area contributed by atoms with Gasteiger partial charge in [0.15, 0.2) is 11.5 Å². The van der Waals surface area contributed by atoms with E-state index in [1.165, 1.54) is 7.11 Å². The average Bonchev–Trinajstić information content (AvgIpc) is 2.64. The van der Waals surface area contributed by atoms with E-state index in [9.17, 15) is 13.2 Å². The molecule has 0 bridgehead atoms. The van der Waals surface area contributed by atoms with Gasteiger partial charge in [0.25, 0.3) is 0 Å². The van der Waals surface area contributed by atoms with E-state index in [-0.39, 0.29) is 18.1 Å². The van der Waals surface area contributed by atoms with Crippen molar-refractivity contribution in [2.24, 2.45) is 5.14 Å². The van der Waals surface area contributed by atoms with Gasteiger partial charge in [-0.25, -0.2) is 13.6 Å². The van der Waals surface area contributed by atoms with Crippen LogP contribution in [0.25, 0.3) is 0 Å². The minimum atomic E-state index is -3.63.